The van der Waals surface area contributed by atoms with E-state index in [0.29, 0.717) is 0 Å². The maximum absolute atomic E-state index is 2.30. The van der Waals surface area contributed by atoms with Gasteiger partial charge in [0.15, 0.2) is 0 Å². The zero-order valence-electron chi connectivity index (χ0n) is 3.00. The van der Waals surface area contributed by atoms with E-state index >= 15 is 0 Å². The number of hydrogen-bond acceptors (Lipinski definition) is 0. The van der Waals surface area contributed by atoms with Crippen LogP contribution < -0.4 is 0 Å². The van der Waals surface area contributed by atoms with E-state index in [1.54, 1.807) is 0 Å². The first-order valence-electron chi connectivity index (χ1n) is 1.00. The first kappa shape index (κ1) is 8.94. The van der Waals surface area contributed by atoms with Crippen LogP contribution in [0.1, 0.15) is 0 Å². The van der Waals surface area contributed by atoms with Crippen molar-refractivity contribution in [2.75, 3.05) is 0 Å². The molecule has 0 amide bonds. The third kappa shape index (κ3) is 11.0. The molecule has 0 rings (SSSR count). The van der Waals surface area contributed by atoms with Crippen LogP contribution in [0.25, 0.3) is 0 Å². The Kier molecular flexibility index (Phi) is 19.9. The molecule has 2 heteroatoms. The van der Waals surface area contributed by atoms with E-state index < -0.39 is 0 Å². The zero-order chi connectivity index (χ0) is 2.71. The summed E-state index contributed by atoms with van der Waals surface area (Å²) < 4.78 is 0. The van der Waals surface area contributed by atoms with Crippen molar-refractivity contribution >= 4 is 34.6 Å². The second-order valence-corrected chi connectivity index (χ2v) is 3.35. The van der Waals surface area contributed by atoms with Gasteiger partial charge in [-0.25, -0.2) is 0 Å². The van der Waals surface area contributed by atoms with Gasteiger partial charge < -0.3 is 0 Å². The standard InChI is InChI=1S/2CH3.H2S.Sn/h2*1H3;1H2;. The summed E-state index contributed by atoms with van der Waals surface area (Å²) in [6.07, 6.45) is 0. The molecule has 26 valence electrons. The van der Waals surface area contributed by atoms with Crippen LogP contribution in [0.5, 0.6) is 0 Å². The van der Waals surface area contributed by atoms with E-state index in [9.17, 15) is 0 Å². The van der Waals surface area contributed by atoms with E-state index in [4.69, 9.17) is 0 Å². The summed E-state index contributed by atoms with van der Waals surface area (Å²) in [6.45, 7) is 0. The first-order chi connectivity index (χ1) is 1.41. The molecule has 0 aromatic heterocycles. The molecule has 0 aromatic carbocycles. The van der Waals surface area contributed by atoms with Gasteiger partial charge in [0.05, 0.1) is 0 Å². The molecule has 0 spiro atoms. The van der Waals surface area contributed by atoms with Crippen molar-refractivity contribution in [2.24, 2.45) is 0 Å². The van der Waals surface area contributed by atoms with Crippen molar-refractivity contribution in [1.29, 1.82) is 0 Å². The van der Waals surface area contributed by atoms with Crippen molar-refractivity contribution in [3.8, 4) is 0 Å². The second-order valence-electron chi connectivity index (χ2n) is 0.500. The molecule has 0 N–H and O–H groups in total. The molecule has 4 heavy (non-hydrogen) atoms. The van der Waals surface area contributed by atoms with Gasteiger partial charge in [-0.15, -0.1) is 0 Å². The average Bonchev–Trinajstić information content (AvgIpc) is 0.918. The summed E-state index contributed by atoms with van der Waals surface area (Å²) in [4.78, 5) is 4.59. The third-order valence-corrected chi connectivity index (χ3v) is 0. The van der Waals surface area contributed by atoms with E-state index in [2.05, 4.69) is 9.88 Å². The fourth-order valence-electron chi connectivity index (χ4n) is 0. The van der Waals surface area contributed by atoms with E-state index in [0.717, 1.165) is 0 Å². The zero-order valence-corrected chi connectivity index (χ0v) is 6.85. The van der Waals surface area contributed by atoms with Crippen LogP contribution in [0, 0.1) is 0 Å². The molecule has 0 fully saturated rings. The van der Waals surface area contributed by atoms with Gasteiger partial charge in [-0.2, -0.15) is 13.5 Å². The van der Waals surface area contributed by atoms with Gasteiger partial charge in [0, 0.05) is 0 Å². The van der Waals surface area contributed by atoms with E-state index in [1.165, 1.54) is 0 Å². The van der Waals surface area contributed by atoms with Gasteiger partial charge in [-0.1, -0.05) is 0 Å². The Balaban J connectivity index is 0. The Morgan fingerprint density at radius 3 is 1.25 bits per heavy atom. The van der Waals surface area contributed by atoms with Gasteiger partial charge >= 0.3 is 31.0 Å². The summed E-state index contributed by atoms with van der Waals surface area (Å²) in [6, 6.07) is 0. The Labute approximate surface area is 44.6 Å². The van der Waals surface area contributed by atoms with Crippen LogP contribution in [-0.4, -0.2) is 21.1 Å². The monoisotopic (exact) mass is 184 g/mol. The van der Waals surface area contributed by atoms with Gasteiger partial charge in [-0.3, -0.25) is 0 Å². The minimum atomic E-state index is 0. The van der Waals surface area contributed by atoms with Gasteiger partial charge in [0.1, 0.15) is 0 Å². The summed E-state index contributed by atoms with van der Waals surface area (Å²) in [5.41, 5.74) is 0. The van der Waals surface area contributed by atoms with Crippen molar-refractivity contribution < 1.29 is 0 Å². The molecule has 2 radical (unpaired) electrons. The fourth-order valence-corrected chi connectivity index (χ4v) is 0. The van der Waals surface area contributed by atoms with Crippen LogP contribution >= 0.6 is 13.5 Å². The molecule has 0 saturated heterocycles. The fraction of sp³-hybridized carbons (Fsp3) is 1.00. The predicted molar refractivity (Wildman–Crippen MR) is 27.9 cm³/mol. The Hall–Kier alpha value is 1.15. The SMILES string of the molecule is S.[CH3][Sn][CH3]. The average molecular weight is 183 g/mol. The van der Waals surface area contributed by atoms with Crippen molar-refractivity contribution in [3.05, 3.63) is 0 Å². The molecule has 0 bridgehead atoms. The predicted octanol–water partition coefficient (Wildman–Crippen LogP) is 0.900. The molecule has 0 aliphatic rings. The molecule has 0 heterocycles. The Morgan fingerprint density at radius 2 is 1.25 bits per heavy atom. The summed E-state index contributed by atoms with van der Waals surface area (Å²) in [5, 5.41) is 0. The molecule has 0 unspecified atom stereocenters. The third-order valence-electron chi connectivity index (χ3n) is 0. The molecular formula is C2H8SSn. The minimum absolute atomic E-state index is 0. The molecular weight excluding hydrogens is 175 g/mol. The Bertz CT molecular complexity index is 6.00. The van der Waals surface area contributed by atoms with Crippen LogP contribution in [0.3, 0.4) is 0 Å². The number of rotatable bonds is 0. The topological polar surface area (TPSA) is 0 Å². The van der Waals surface area contributed by atoms with Crippen molar-refractivity contribution in [1.82, 2.24) is 0 Å². The van der Waals surface area contributed by atoms with Crippen LogP contribution in [0.15, 0.2) is 0 Å². The van der Waals surface area contributed by atoms with Crippen LogP contribution in [-0.2, 0) is 0 Å². The molecule has 0 aliphatic carbocycles. The summed E-state index contributed by atoms with van der Waals surface area (Å²) in [7, 11) is 0. The van der Waals surface area contributed by atoms with Crippen molar-refractivity contribution in [2.45, 2.75) is 9.88 Å². The normalized spacial score (nSPS) is 4.50. The molecule has 0 nitrogen and oxygen atoms in total. The molecule has 0 atom stereocenters. The quantitative estimate of drug-likeness (QED) is 0.489. The van der Waals surface area contributed by atoms with Crippen molar-refractivity contribution in [3.63, 3.8) is 0 Å². The summed E-state index contributed by atoms with van der Waals surface area (Å²) in [5.74, 6) is 0. The van der Waals surface area contributed by atoms with E-state index in [1.807, 2.05) is 0 Å². The van der Waals surface area contributed by atoms with Crippen LogP contribution in [0.4, 0.5) is 0 Å². The number of hydrogen-bond donors (Lipinski definition) is 0. The Morgan fingerprint density at radius 1 is 1.25 bits per heavy atom. The molecule has 0 saturated carbocycles. The van der Waals surface area contributed by atoms with Gasteiger partial charge in [0.2, 0.25) is 0 Å². The van der Waals surface area contributed by atoms with Gasteiger partial charge in [0.25, 0.3) is 0 Å². The molecule has 0 aromatic rings. The first-order valence-corrected chi connectivity index (χ1v) is 6.71. The van der Waals surface area contributed by atoms with E-state index in [-0.39, 0.29) is 34.6 Å². The maximum atomic E-state index is 2.30. The molecule has 0 aliphatic heterocycles. The van der Waals surface area contributed by atoms with Crippen LogP contribution in [0.2, 0.25) is 9.88 Å². The second kappa shape index (κ2) is 8.91. The van der Waals surface area contributed by atoms with Gasteiger partial charge in [-0.05, 0) is 0 Å². The summed E-state index contributed by atoms with van der Waals surface area (Å²) >= 11 is 0.230.